The Morgan fingerprint density at radius 2 is 1.57 bits per heavy atom. The normalized spacial score (nSPS) is 11.8. The van der Waals surface area contributed by atoms with Crippen LogP contribution in [-0.4, -0.2) is 19.5 Å². The Balaban J connectivity index is 1.48. The zero-order valence-corrected chi connectivity index (χ0v) is 23.0. The molecule has 204 valence electrons. The number of amides is 1. The fraction of sp³-hybridized carbons (Fsp3) is 0.129. The summed E-state index contributed by atoms with van der Waals surface area (Å²) in [6, 6.07) is 26.6. The van der Waals surface area contributed by atoms with Crippen molar-refractivity contribution in [1.82, 2.24) is 4.98 Å². The quantitative estimate of drug-likeness (QED) is 0.199. The molecule has 1 amide bonds. The van der Waals surface area contributed by atoms with Crippen LogP contribution < -0.4 is 14.8 Å². The molecule has 0 saturated heterocycles. The molecule has 1 aromatic heterocycles. The molecule has 4 aromatic carbocycles. The van der Waals surface area contributed by atoms with Crippen molar-refractivity contribution in [2.45, 2.75) is 31.1 Å². The maximum atomic E-state index is 13.6. The highest BCUT2D eigenvalue weighted by Gasteiger charge is 2.21. The number of fused-ring (bicyclic) bond motifs is 1. The van der Waals surface area contributed by atoms with Crippen LogP contribution in [0.5, 0.6) is 5.88 Å². The third-order valence-corrected chi connectivity index (χ3v) is 7.77. The van der Waals surface area contributed by atoms with Crippen molar-refractivity contribution in [3.05, 3.63) is 108 Å². The second kappa shape index (κ2) is 10.5. The molecule has 0 aliphatic heterocycles. The van der Waals surface area contributed by atoms with Gasteiger partial charge in [-0.05, 0) is 65.1 Å². The first-order chi connectivity index (χ1) is 19.0. The van der Waals surface area contributed by atoms with Crippen LogP contribution in [0.1, 0.15) is 26.3 Å². The number of rotatable bonds is 6. The van der Waals surface area contributed by atoms with Gasteiger partial charge in [-0.1, -0.05) is 69.3 Å². The fourth-order valence-electron chi connectivity index (χ4n) is 4.35. The van der Waals surface area contributed by atoms with Gasteiger partial charge in [-0.2, -0.15) is 0 Å². The molecular weight excluding hydrogens is 529 g/mol. The van der Waals surface area contributed by atoms with E-state index in [0.717, 1.165) is 11.1 Å². The lowest BCUT2D eigenvalue weighted by atomic mass is 9.87. The van der Waals surface area contributed by atoms with Crippen molar-refractivity contribution in [2.24, 2.45) is 0 Å². The summed E-state index contributed by atoms with van der Waals surface area (Å²) in [7, 11) is -3.86. The SMILES string of the molecule is CC(C)(C)c1ccc(S(=O)(=O)Nc2ccc3[nH]c(OC(=O)Nc4cccc(F)c4)c(-c4ccccc4)c3c2)cc1. The summed E-state index contributed by atoms with van der Waals surface area (Å²) in [5.74, 6) is -0.332. The van der Waals surface area contributed by atoms with E-state index in [0.29, 0.717) is 22.2 Å². The molecule has 0 atom stereocenters. The summed E-state index contributed by atoms with van der Waals surface area (Å²) in [6.45, 7) is 6.19. The van der Waals surface area contributed by atoms with Crippen molar-refractivity contribution in [2.75, 3.05) is 10.0 Å². The first kappa shape index (κ1) is 27.0. The third kappa shape index (κ3) is 5.84. The van der Waals surface area contributed by atoms with E-state index in [9.17, 15) is 17.6 Å². The Hall–Kier alpha value is -4.63. The van der Waals surface area contributed by atoms with Crippen molar-refractivity contribution >= 4 is 38.4 Å². The number of hydrogen-bond acceptors (Lipinski definition) is 4. The van der Waals surface area contributed by atoms with E-state index >= 15 is 0 Å². The van der Waals surface area contributed by atoms with Crippen molar-refractivity contribution < 1.29 is 22.3 Å². The van der Waals surface area contributed by atoms with Gasteiger partial charge in [0.2, 0.25) is 5.88 Å². The maximum Gasteiger partial charge on any atom is 0.418 e. The number of anilines is 2. The first-order valence-corrected chi connectivity index (χ1v) is 14.1. The molecule has 0 aliphatic rings. The topological polar surface area (TPSA) is 100 Å². The van der Waals surface area contributed by atoms with Crippen LogP contribution >= 0.6 is 0 Å². The van der Waals surface area contributed by atoms with E-state index in [1.54, 1.807) is 36.4 Å². The summed E-state index contributed by atoms with van der Waals surface area (Å²) in [4.78, 5) is 15.9. The number of carbonyl (C=O) groups is 1. The van der Waals surface area contributed by atoms with Gasteiger partial charge in [-0.25, -0.2) is 17.6 Å². The largest absolute Gasteiger partial charge is 0.418 e. The van der Waals surface area contributed by atoms with E-state index in [1.165, 1.54) is 18.2 Å². The average molecular weight is 558 g/mol. The predicted octanol–water partition coefficient (Wildman–Crippen LogP) is 7.68. The highest BCUT2D eigenvalue weighted by molar-refractivity contribution is 7.92. The molecule has 0 unspecified atom stereocenters. The molecule has 7 nitrogen and oxygen atoms in total. The number of halogens is 1. The summed E-state index contributed by atoms with van der Waals surface area (Å²) < 4.78 is 48.2. The molecule has 0 saturated carbocycles. The molecule has 5 aromatic rings. The Morgan fingerprint density at radius 3 is 2.25 bits per heavy atom. The van der Waals surface area contributed by atoms with Crippen molar-refractivity contribution in [1.29, 1.82) is 0 Å². The number of hydrogen-bond donors (Lipinski definition) is 3. The number of benzene rings is 4. The molecule has 0 spiro atoms. The second-order valence-corrected chi connectivity index (χ2v) is 12.0. The van der Waals surface area contributed by atoms with E-state index in [4.69, 9.17) is 4.74 Å². The average Bonchev–Trinajstić information content (AvgIpc) is 3.25. The smallest absolute Gasteiger partial charge is 0.392 e. The Morgan fingerprint density at radius 1 is 0.850 bits per heavy atom. The number of carbonyl (C=O) groups excluding carboxylic acids is 1. The molecule has 5 rings (SSSR count). The van der Waals surface area contributed by atoms with E-state index in [1.807, 2.05) is 42.5 Å². The van der Waals surface area contributed by atoms with Gasteiger partial charge in [0, 0.05) is 22.3 Å². The molecule has 0 bridgehead atoms. The molecule has 0 aliphatic carbocycles. The lowest BCUT2D eigenvalue weighted by Crippen LogP contribution is -2.17. The minimum Gasteiger partial charge on any atom is -0.392 e. The maximum absolute atomic E-state index is 13.6. The highest BCUT2D eigenvalue weighted by atomic mass is 32.2. The van der Waals surface area contributed by atoms with Crippen LogP contribution in [0.4, 0.5) is 20.6 Å². The lowest BCUT2D eigenvalue weighted by Gasteiger charge is -2.19. The van der Waals surface area contributed by atoms with Gasteiger partial charge in [-0.3, -0.25) is 10.0 Å². The summed E-state index contributed by atoms with van der Waals surface area (Å²) in [5, 5.41) is 3.16. The van der Waals surface area contributed by atoms with Gasteiger partial charge in [-0.15, -0.1) is 0 Å². The lowest BCUT2D eigenvalue weighted by molar-refractivity contribution is 0.214. The third-order valence-electron chi connectivity index (χ3n) is 6.38. The van der Waals surface area contributed by atoms with E-state index in [-0.39, 0.29) is 21.9 Å². The molecule has 0 fully saturated rings. The van der Waals surface area contributed by atoms with Gasteiger partial charge in [0.25, 0.3) is 10.0 Å². The van der Waals surface area contributed by atoms with Crippen LogP contribution in [0.3, 0.4) is 0 Å². The molecule has 0 radical (unpaired) electrons. The number of aromatic amines is 1. The van der Waals surface area contributed by atoms with Gasteiger partial charge in [0.1, 0.15) is 5.82 Å². The van der Waals surface area contributed by atoms with E-state index < -0.39 is 21.9 Å². The molecular formula is C31H28FN3O4S. The van der Waals surface area contributed by atoms with Crippen LogP contribution in [0.25, 0.3) is 22.0 Å². The van der Waals surface area contributed by atoms with Crippen molar-refractivity contribution in [3.63, 3.8) is 0 Å². The Labute approximate surface area is 232 Å². The summed E-state index contributed by atoms with van der Waals surface area (Å²) in [5.41, 5.74) is 3.47. The van der Waals surface area contributed by atoms with Gasteiger partial charge in [0.05, 0.1) is 10.5 Å². The number of aromatic nitrogens is 1. The van der Waals surface area contributed by atoms with Gasteiger partial charge < -0.3 is 9.72 Å². The Bertz CT molecular complexity index is 1790. The van der Waals surface area contributed by atoms with Crippen molar-refractivity contribution in [3.8, 4) is 17.0 Å². The number of H-pyrrole nitrogens is 1. The number of nitrogens with one attached hydrogen (secondary N) is 3. The first-order valence-electron chi connectivity index (χ1n) is 12.6. The van der Waals surface area contributed by atoms with Crippen LogP contribution in [0, 0.1) is 5.82 Å². The summed E-state index contributed by atoms with van der Waals surface area (Å²) in [6.07, 6.45) is -0.811. The second-order valence-electron chi connectivity index (χ2n) is 10.4. The minimum absolute atomic E-state index is 0.100. The molecule has 40 heavy (non-hydrogen) atoms. The monoisotopic (exact) mass is 557 g/mol. The fourth-order valence-corrected chi connectivity index (χ4v) is 5.40. The van der Waals surface area contributed by atoms with Crippen LogP contribution in [0.2, 0.25) is 0 Å². The van der Waals surface area contributed by atoms with Gasteiger partial charge >= 0.3 is 6.09 Å². The summed E-state index contributed by atoms with van der Waals surface area (Å²) >= 11 is 0. The standard InChI is InChI=1S/C31H28FN3O4S/c1-31(2,3)21-12-15-25(16-13-21)40(37,38)35-24-14-17-27-26(19-24)28(20-8-5-4-6-9-20)29(34-27)39-30(36)33-23-11-7-10-22(32)18-23/h4-19,34-35H,1-3H3,(H,33,36). The minimum atomic E-state index is -3.86. The zero-order valence-electron chi connectivity index (χ0n) is 22.2. The van der Waals surface area contributed by atoms with Crippen LogP contribution in [-0.2, 0) is 15.4 Å². The molecule has 9 heteroatoms. The zero-order chi connectivity index (χ0) is 28.5. The molecule has 3 N–H and O–H groups in total. The predicted molar refractivity (Wildman–Crippen MR) is 156 cm³/mol. The number of sulfonamides is 1. The Kier molecular flexibility index (Phi) is 7.08. The van der Waals surface area contributed by atoms with Gasteiger partial charge in [0.15, 0.2) is 0 Å². The van der Waals surface area contributed by atoms with Crippen LogP contribution in [0.15, 0.2) is 102 Å². The number of ether oxygens (including phenoxy) is 1. The molecule has 1 heterocycles. The highest BCUT2D eigenvalue weighted by Crippen LogP contribution is 2.39. The van der Waals surface area contributed by atoms with E-state index in [2.05, 4.69) is 35.8 Å².